The van der Waals surface area contributed by atoms with E-state index in [1.165, 1.54) is 0 Å². The van der Waals surface area contributed by atoms with Gasteiger partial charge in [-0.05, 0) is 47.5 Å². The van der Waals surface area contributed by atoms with Gasteiger partial charge in [0.05, 0.1) is 19.5 Å². The molecule has 3 nitrogen and oxygen atoms in total. The van der Waals surface area contributed by atoms with Crippen LogP contribution in [-0.4, -0.2) is 19.5 Å². The lowest BCUT2D eigenvalue weighted by atomic mass is 10.2. The Morgan fingerprint density at radius 2 is 1.77 bits per heavy atom. The second kappa shape index (κ2) is 9.05. The number of nitrogens with zero attached hydrogens (tertiary/aromatic N) is 1. The SMILES string of the molecule is FCCCOc1ccc(/C=N\OCc2ccc(Cl)cc2)cc1. The summed E-state index contributed by atoms with van der Waals surface area (Å²) in [5.41, 5.74) is 1.90. The number of ether oxygens (including phenoxy) is 1. The van der Waals surface area contributed by atoms with Crippen molar-refractivity contribution in [3.63, 3.8) is 0 Å². The van der Waals surface area contributed by atoms with E-state index in [2.05, 4.69) is 5.16 Å². The number of hydrogen-bond donors (Lipinski definition) is 0. The number of halogens is 2. The molecule has 116 valence electrons. The molecule has 0 aliphatic heterocycles. The summed E-state index contributed by atoms with van der Waals surface area (Å²) in [6, 6.07) is 14.8. The topological polar surface area (TPSA) is 30.8 Å². The molecule has 0 fully saturated rings. The van der Waals surface area contributed by atoms with E-state index >= 15 is 0 Å². The van der Waals surface area contributed by atoms with Crippen molar-refractivity contribution in [1.29, 1.82) is 0 Å². The predicted octanol–water partition coefficient (Wildman–Crippen LogP) is 4.63. The molecule has 0 aliphatic carbocycles. The van der Waals surface area contributed by atoms with Crippen LogP contribution in [0.2, 0.25) is 5.02 Å². The van der Waals surface area contributed by atoms with Crippen molar-refractivity contribution in [3.8, 4) is 5.75 Å². The summed E-state index contributed by atoms with van der Waals surface area (Å²) >= 11 is 5.81. The maximum Gasteiger partial charge on any atom is 0.142 e. The number of alkyl halides is 1. The van der Waals surface area contributed by atoms with Gasteiger partial charge in [0.15, 0.2) is 0 Å². The lowest BCUT2D eigenvalue weighted by Crippen LogP contribution is -1.98. The highest BCUT2D eigenvalue weighted by Crippen LogP contribution is 2.12. The van der Waals surface area contributed by atoms with E-state index < -0.39 is 0 Å². The Labute approximate surface area is 134 Å². The Morgan fingerprint density at radius 1 is 1.05 bits per heavy atom. The first-order chi connectivity index (χ1) is 10.8. The summed E-state index contributed by atoms with van der Waals surface area (Å²) < 4.78 is 17.3. The molecule has 0 spiro atoms. The zero-order valence-electron chi connectivity index (χ0n) is 12.0. The first kappa shape index (κ1) is 16.3. The molecule has 5 heteroatoms. The molecule has 0 aliphatic rings. The molecule has 0 N–H and O–H groups in total. The van der Waals surface area contributed by atoms with Crippen LogP contribution in [0.1, 0.15) is 17.5 Å². The lowest BCUT2D eigenvalue weighted by molar-refractivity contribution is 0.132. The molecule has 0 heterocycles. The minimum Gasteiger partial charge on any atom is -0.493 e. The molecule has 22 heavy (non-hydrogen) atoms. The second-order valence-electron chi connectivity index (χ2n) is 4.59. The maximum absolute atomic E-state index is 12.0. The van der Waals surface area contributed by atoms with Gasteiger partial charge in [-0.15, -0.1) is 0 Å². The minimum absolute atomic E-state index is 0.365. The quantitative estimate of drug-likeness (QED) is 0.403. The van der Waals surface area contributed by atoms with Crippen molar-refractivity contribution < 1.29 is 14.0 Å². The zero-order chi connectivity index (χ0) is 15.6. The van der Waals surface area contributed by atoms with Crippen LogP contribution < -0.4 is 4.74 Å². The van der Waals surface area contributed by atoms with E-state index in [-0.39, 0.29) is 6.67 Å². The Balaban J connectivity index is 1.76. The molecule has 0 atom stereocenters. The number of benzene rings is 2. The van der Waals surface area contributed by atoms with Crippen LogP contribution in [0.25, 0.3) is 0 Å². The largest absolute Gasteiger partial charge is 0.493 e. The number of hydrogen-bond acceptors (Lipinski definition) is 3. The predicted molar refractivity (Wildman–Crippen MR) is 86.4 cm³/mol. The third-order valence-electron chi connectivity index (χ3n) is 2.85. The molecule has 2 aromatic carbocycles. The van der Waals surface area contributed by atoms with Gasteiger partial charge in [-0.1, -0.05) is 28.9 Å². The van der Waals surface area contributed by atoms with Gasteiger partial charge in [0, 0.05) is 11.4 Å². The third-order valence-corrected chi connectivity index (χ3v) is 3.10. The van der Waals surface area contributed by atoms with Crippen molar-refractivity contribution in [2.75, 3.05) is 13.3 Å². The van der Waals surface area contributed by atoms with Gasteiger partial charge in [0.1, 0.15) is 12.4 Å². The molecule has 0 bridgehead atoms. The summed E-state index contributed by atoms with van der Waals surface area (Å²) in [5.74, 6) is 0.715. The highest BCUT2D eigenvalue weighted by Gasteiger charge is 1.95. The standard InChI is InChI=1S/C17H17ClFNO2/c18-16-6-2-15(3-7-16)13-22-20-12-14-4-8-17(9-5-14)21-11-1-10-19/h2-9,12H,1,10-11,13H2/b20-12-. The Bertz CT molecular complexity index is 585. The van der Waals surface area contributed by atoms with Gasteiger partial charge in [0.2, 0.25) is 0 Å². The van der Waals surface area contributed by atoms with E-state index in [0.29, 0.717) is 30.4 Å². The van der Waals surface area contributed by atoms with Gasteiger partial charge < -0.3 is 9.57 Å². The molecular weight excluding hydrogens is 305 g/mol. The fourth-order valence-corrected chi connectivity index (χ4v) is 1.81. The molecule has 0 radical (unpaired) electrons. The first-order valence-electron chi connectivity index (χ1n) is 6.96. The Morgan fingerprint density at radius 3 is 2.45 bits per heavy atom. The van der Waals surface area contributed by atoms with Gasteiger partial charge in [-0.2, -0.15) is 0 Å². The number of oxime groups is 1. The van der Waals surface area contributed by atoms with Crippen LogP contribution in [0.4, 0.5) is 4.39 Å². The highest BCUT2D eigenvalue weighted by molar-refractivity contribution is 6.30. The monoisotopic (exact) mass is 321 g/mol. The van der Waals surface area contributed by atoms with E-state index in [1.54, 1.807) is 6.21 Å². The minimum atomic E-state index is -0.365. The summed E-state index contributed by atoms with van der Waals surface area (Å²) in [4.78, 5) is 5.23. The average molecular weight is 322 g/mol. The third kappa shape index (κ3) is 5.74. The fraction of sp³-hybridized carbons (Fsp3) is 0.235. The van der Waals surface area contributed by atoms with Crippen LogP contribution in [-0.2, 0) is 11.4 Å². The molecule has 0 saturated carbocycles. The summed E-state index contributed by atoms with van der Waals surface area (Å²) in [6.45, 7) is 0.405. The van der Waals surface area contributed by atoms with Crippen molar-refractivity contribution in [3.05, 3.63) is 64.7 Å². The van der Waals surface area contributed by atoms with E-state index in [4.69, 9.17) is 21.2 Å². The molecule has 2 aromatic rings. The Kier molecular flexibility index (Phi) is 6.71. The van der Waals surface area contributed by atoms with Gasteiger partial charge in [0.25, 0.3) is 0 Å². The van der Waals surface area contributed by atoms with Crippen LogP contribution in [0.5, 0.6) is 5.75 Å². The van der Waals surface area contributed by atoms with E-state index in [1.807, 2.05) is 48.5 Å². The van der Waals surface area contributed by atoms with Crippen LogP contribution in [0, 0.1) is 0 Å². The van der Waals surface area contributed by atoms with Crippen molar-refractivity contribution in [2.24, 2.45) is 5.16 Å². The maximum atomic E-state index is 12.0. The van der Waals surface area contributed by atoms with E-state index in [0.717, 1.165) is 11.1 Å². The zero-order valence-corrected chi connectivity index (χ0v) is 12.8. The first-order valence-corrected chi connectivity index (χ1v) is 7.34. The lowest BCUT2D eigenvalue weighted by Gasteiger charge is -2.04. The normalized spacial score (nSPS) is 10.8. The van der Waals surface area contributed by atoms with Crippen molar-refractivity contribution in [1.82, 2.24) is 0 Å². The molecule has 0 amide bonds. The van der Waals surface area contributed by atoms with E-state index in [9.17, 15) is 4.39 Å². The molecule has 2 rings (SSSR count). The van der Waals surface area contributed by atoms with Gasteiger partial charge in [-0.3, -0.25) is 4.39 Å². The Hall–Kier alpha value is -2.07. The van der Waals surface area contributed by atoms with Crippen LogP contribution in [0.3, 0.4) is 0 Å². The molecule has 0 aromatic heterocycles. The molecular formula is C17H17ClFNO2. The molecule has 0 unspecified atom stereocenters. The van der Waals surface area contributed by atoms with Crippen LogP contribution in [0.15, 0.2) is 53.7 Å². The average Bonchev–Trinajstić information content (AvgIpc) is 2.55. The second-order valence-corrected chi connectivity index (χ2v) is 5.03. The summed E-state index contributed by atoms with van der Waals surface area (Å²) in [7, 11) is 0. The van der Waals surface area contributed by atoms with Crippen molar-refractivity contribution in [2.45, 2.75) is 13.0 Å². The summed E-state index contributed by atoms with van der Waals surface area (Å²) in [5, 5.41) is 4.61. The summed E-state index contributed by atoms with van der Waals surface area (Å²) in [6.07, 6.45) is 2.03. The highest BCUT2D eigenvalue weighted by atomic mass is 35.5. The van der Waals surface area contributed by atoms with Gasteiger partial charge in [-0.25, -0.2) is 0 Å². The smallest absolute Gasteiger partial charge is 0.142 e. The van der Waals surface area contributed by atoms with Gasteiger partial charge >= 0.3 is 0 Å². The molecule has 0 saturated heterocycles. The fourth-order valence-electron chi connectivity index (χ4n) is 1.69. The van der Waals surface area contributed by atoms with Crippen LogP contribution >= 0.6 is 11.6 Å². The van der Waals surface area contributed by atoms with Crippen molar-refractivity contribution >= 4 is 17.8 Å². The number of rotatable bonds is 8.